The number of benzene rings is 1. The third kappa shape index (κ3) is 2.39. The van der Waals surface area contributed by atoms with Crippen LogP contribution < -0.4 is 10.6 Å². The van der Waals surface area contributed by atoms with Gasteiger partial charge >= 0.3 is 0 Å². The maximum Gasteiger partial charge on any atom is 0.228 e. The Balaban J connectivity index is 1.94. The van der Waals surface area contributed by atoms with Crippen molar-refractivity contribution in [2.75, 3.05) is 11.4 Å². The quantitative estimate of drug-likeness (QED) is 0.912. The maximum absolute atomic E-state index is 11.9. The minimum Gasteiger partial charge on any atom is -0.326 e. The van der Waals surface area contributed by atoms with Crippen molar-refractivity contribution in [1.29, 1.82) is 0 Å². The first-order valence-corrected chi connectivity index (χ1v) is 7.10. The van der Waals surface area contributed by atoms with Crippen molar-refractivity contribution in [3.63, 3.8) is 0 Å². The number of anilines is 1. The second-order valence-electron chi connectivity index (χ2n) is 4.77. The van der Waals surface area contributed by atoms with E-state index in [2.05, 4.69) is 4.98 Å². The zero-order valence-electron chi connectivity index (χ0n) is 10.7. The summed E-state index contributed by atoms with van der Waals surface area (Å²) in [5, 5.41) is 3.08. The lowest BCUT2D eigenvalue weighted by Crippen LogP contribution is -2.27. The summed E-state index contributed by atoms with van der Waals surface area (Å²) >= 11 is 1.63. The number of amides is 1. The number of hydrogen-bond acceptors (Lipinski definition) is 4. The van der Waals surface area contributed by atoms with E-state index < -0.39 is 0 Å². The van der Waals surface area contributed by atoms with Crippen LogP contribution >= 0.6 is 11.3 Å². The molecule has 0 radical (unpaired) electrons. The number of nitrogens with two attached hydrogens (primary N) is 1. The molecule has 4 nitrogen and oxygen atoms in total. The summed E-state index contributed by atoms with van der Waals surface area (Å²) < 4.78 is 0. The molecule has 19 heavy (non-hydrogen) atoms. The van der Waals surface area contributed by atoms with Gasteiger partial charge in [-0.1, -0.05) is 12.1 Å². The number of thiazole rings is 1. The highest BCUT2D eigenvalue weighted by molar-refractivity contribution is 7.09. The van der Waals surface area contributed by atoms with Gasteiger partial charge in [0.05, 0.1) is 10.7 Å². The second-order valence-corrected chi connectivity index (χ2v) is 5.83. The van der Waals surface area contributed by atoms with E-state index in [4.69, 9.17) is 5.73 Å². The van der Waals surface area contributed by atoms with Crippen LogP contribution in [-0.2, 0) is 4.79 Å². The Labute approximate surface area is 115 Å². The van der Waals surface area contributed by atoms with E-state index in [9.17, 15) is 4.79 Å². The van der Waals surface area contributed by atoms with Gasteiger partial charge in [0, 0.05) is 35.6 Å². The summed E-state index contributed by atoms with van der Waals surface area (Å²) in [7, 11) is 0. The van der Waals surface area contributed by atoms with Crippen LogP contribution in [0.4, 0.5) is 5.69 Å². The van der Waals surface area contributed by atoms with Crippen molar-refractivity contribution in [2.45, 2.75) is 19.4 Å². The molecule has 1 aliphatic heterocycles. The molecule has 0 saturated carbocycles. The molecule has 0 aliphatic carbocycles. The Morgan fingerprint density at radius 3 is 2.95 bits per heavy atom. The second kappa shape index (κ2) is 4.75. The van der Waals surface area contributed by atoms with Crippen LogP contribution in [-0.4, -0.2) is 23.5 Å². The largest absolute Gasteiger partial charge is 0.326 e. The van der Waals surface area contributed by atoms with Crippen LogP contribution in [0.1, 0.15) is 11.4 Å². The number of carbonyl (C=O) groups excluding carboxylic acids is 1. The Morgan fingerprint density at radius 2 is 2.32 bits per heavy atom. The monoisotopic (exact) mass is 273 g/mol. The van der Waals surface area contributed by atoms with E-state index >= 15 is 0 Å². The van der Waals surface area contributed by atoms with Crippen molar-refractivity contribution in [3.8, 4) is 11.3 Å². The molecule has 1 amide bonds. The lowest BCUT2D eigenvalue weighted by Gasteiger charge is -2.16. The van der Waals surface area contributed by atoms with Gasteiger partial charge in [-0.15, -0.1) is 11.3 Å². The number of aromatic nitrogens is 1. The fourth-order valence-corrected chi connectivity index (χ4v) is 2.94. The van der Waals surface area contributed by atoms with Crippen molar-refractivity contribution in [2.24, 2.45) is 5.73 Å². The first-order valence-electron chi connectivity index (χ1n) is 6.22. The van der Waals surface area contributed by atoms with Gasteiger partial charge in [0.1, 0.15) is 0 Å². The van der Waals surface area contributed by atoms with Crippen molar-refractivity contribution >= 4 is 22.9 Å². The van der Waals surface area contributed by atoms with Crippen molar-refractivity contribution in [3.05, 3.63) is 34.7 Å². The molecule has 2 heterocycles. The molecule has 5 heteroatoms. The minimum atomic E-state index is -0.0577. The van der Waals surface area contributed by atoms with Gasteiger partial charge in [-0.2, -0.15) is 0 Å². The molecule has 1 atom stereocenters. The SMILES string of the molecule is Cc1nc(-c2cccc(N3CC(N)CC3=O)c2)cs1. The van der Waals surface area contributed by atoms with Gasteiger partial charge in [0.15, 0.2) is 0 Å². The standard InChI is InChI=1S/C14H15N3OS/c1-9-16-13(8-19-9)10-3-2-4-12(5-10)17-7-11(15)6-14(17)18/h2-5,8,11H,6-7,15H2,1H3. The summed E-state index contributed by atoms with van der Waals surface area (Å²) in [5.74, 6) is 0.0964. The molecular weight excluding hydrogens is 258 g/mol. The lowest BCUT2D eigenvalue weighted by atomic mass is 10.1. The normalized spacial score (nSPS) is 19.2. The lowest BCUT2D eigenvalue weighted by molar-refractivity contribution is -0.117. The van der Waals surface area contributed by atoms with Crippen LogP contribution in [0, 0.1) is 6.92 Å². The van der Waals surface area contributed by atoms with Crippen LogP contribution in [0.5, 0.6) is 0 Å². The zero-order valence-corrected chi connectivity index (χ0v) is 11.5. The highest BCUT2D eigenvalue weighted by Crippen LogP contribution is 2.27. The molecule has 1 aromatic heterocycles. The summed E-state index contributed by atoms with van der Waals surface area (Å²) in [6, 6.07) is 7.86. The number of aryl methyl sites for hydroxylation is 1. The molecule has 0 bridgehead atoms. The minimum absolute atomic E-state index is 0.0577. The van der Waals surface area contributed by atoms with Gasteiger partial charge in [-0.25, -0.2) is 4.98 Å². The van der Waals surface area contributed by atoms with Gasteiger partial charge in [0.25, 0.3) is 0 Å². The van der Waals surface area contributed by atoms with Gasteiger partial charge in [0.2, 0.25) is 5.91 Å². The van der Waals surface area contributed by atoms with Gasteiger partial charge in [-0.05, 0) is 19.1 Å². The van der Waals surface area contributed by atoms with E-state index in [-0.39, 0.29) is 11.9 Å². The Kier molecular flexibility index (Phi) is 3.08. The fourth-order valence-electron chi connectivity index (χ4n) is 2.31. The Morgan fingerprint density at radius 1 is 1.47 bits per heavy atom. The summed E-state index contributed by atoms with van der Waals surface area (Å²) in [6.45, 7) is 2.58. The summed E-state index contributed by atoms with van der Waals surface area (Å²) in [5.41, 5.74) is 8.73. The van der Waals surface area contributed by atoms with Gasteiger partial charge < -0.3 is 10.6 Å². The molecule has 1 saturated heterocycles. The number of nitrogens with zero attached hydrogens (tertiary/aromatic N) is 2. The smallest absolute Gasteiger partial charge is 0.228 e. The summed E-state index contributed by atoms with van der Waals surface area (Å²) in [4.78, 5) is 18.1. The highest BCUT2D eigenvalue weighted by atomic mass is 32.1. The van der Waals surface area contributed by atoms with E-state index in [1.165, 1.54) is 0 Å². The van der Waals surface area contributed by atoms with Crippen molar-refractivity contribution < 1.29 is 4.79 Å². The average Bonchev–Trinajstić information content (AvgIpc) is 2.96. The predicted molar refractivity (Wildman–Crippen MR) is 77.2 cm³/mol. The topological polar surface area (TPSA) is 59.2 Å². The third-order valence-electron chi connectivity index (χ3n) is 3.23. The number of hydrogen-bond donors (Lipinski definition) is 1. The number of carbonyl (C=O) groups is 1. The molecule has 98 valence electrons. The predicted octanol–water partition coefficient (Wildman–Crippen LogP) is 2.18. The molecule has 1 aliphatic rings. The van der Waals surface area contributed by atoms with E-state index in [1.54, 1.807) is 16.2 Å². The molecule has 1 fully saturated rings. The maximum atomic E-state index is 11.9. The number of rotatable bonds is 2. The molecule has 1 unspecified atom stereocenters. The van der Waals surface area contributed by atoms with Crippen molar-refractivity contribution in [1.82, 2.24) is 4.98 Å². The van der Waals surface area contributed by atoms with E-state index in [1.807, 2.05) is 36.6 Å². The average molecular weight is 273 g/mol. The van der Waals surface area contributed by atoms with Crippen LogP contribution in [0.15, 0.2) is 29.6 Å². The third-order valence-corrected chi connectivity index (χ3v) is 4.00. The molecule has 2 aromatic rings. The fraction of sp³-hybridized carbons (Fsp3) is 0.286. The first kappa shape index (κ1) is 12.3. The Bertz CT molecular complexity index is 623. The molecule has 1 aromatic carbocycles. The first-order chi connectivity index (χ1) is 9.13. The van der Waals surface area contributed by atoms with Gasteiger partial charge in [-0.3, -0.25) is 4.79 Å². The highest BCUT2D eigenvalue weighted by Gasteiger charge is 2.28. The molecular formula is C14H15N3OS. The summed E-state index contributed by atoms with van der Waals surface area (Å²) in [6.07, 6.45) is 0.431. The molecule has 3 rings (SSSR count). The molecule has 2 N–H and O–H groups in total. The molecule has 0 spiro atoms. The van der Waals surface area contributed by atoms with Crippen LogP contribution in [0.3, 0.4) is 0 Å². The zero-order chi connectivity index (χ0) is 13.4. The Hall–Kier alpha value is -1.72. The van der Waals surface area contributed by atoms with E-state index in [0.29, 0.717) is 13.0 Å². The van der Waals surface area contributed by atoms with E-state index in [0.717, 1.165) is 22.0 Å². The van der Waals surface area contributed by atoms with Crippen LogP contribution in [0.25, 0.3) is 11.3 Å². The van der Waals surface area contributed by atoms with Crippen LogP contribution in [0.2, 0.25) is 0 Å².